The first-order chi connectivity index (χ1) is 12.1. The number of rotatable bonds is 4. The van der Waals surface area contributed by atoms with Crippen LogP contribution in [-0.2, 0) is 19.1 Å². The van der Waals surface area contributed by atoms with Crippen molar-refractivity contribution in [3.8, 4) is 0 Å². The van der Waals surface area contributed by atoms with Crippen LogP contribution in [0.1, 0.15) is 25.3 Å². The van der Waals surface area contributed by atoms with Crippen molar-refractivity contribution in [1.29, 1.82) is 0 Å². The Labute approximate surface area is 147 Å². The van der Waals surface area contributed by atoms with Crippen LogP contribution in [0.3, 0.4) is 0 Å². The monoisotopic (exact) mass is 345 g/mol. The first-order valence-electron chi connectivity index (χ1n) is 8.11. The number of carbonyl (C=O) groups is 2. The van der Waals surface area contributed by atoms with Gasteiger partial charge in [-0.3, -0.25) is 4.79 Å². The normalized spacial score (nSPS) is 23.6. The van der Waals surface area contributed by atoms with Crippen molar-refractivity contribution in [2.75, 3.05) is 13.7 Å². The second-order valence-corrected chi connectivity index (χ2v) is 5.79. The number of ether oxygens (including phenoxy) is 2. The largest absolute Gasteiger partial charge is 0.483 e. The number of methoxy groups -OCH3 is 1. The summed E-state index contributed by atoms with van der Waals surface area (Å²) >= 11 is 0. The molecule has 0 amide bonds. The number of fused-ring (bicyclic) bond motifs is 1. The summed E-state index contributed by atoms with van der Waals surface area (Å²) in [4.78, 5) is 22.4. The Kier molecular flexibility index (Phi) is 6.77. The van der Waals surface area contributed by atoms with Crippen molar-refractivity contribution >= 4 is 18.5 Å². The summed E-state index contributed by atoms with van der Waals surface area (Å²) in [6.07, 6.45) is 5.97. The summed E-state index contributed by atoms with van der Waals surface area (Å²) in [6.45, 7) is 2.66. The van der Waals surface area contributed by atoms with E-state index in [4.69, 9.17) is 19.4 Å². The van der Waals surface area contributed by atoms with Gasteiger partial charge in [0.1, 0.15) is 5.76 Å². The molecular weight excluding hydrogens is 322 g/mol. The molecule has 0 saturated carbocycles. The molecule has 2 unspecified atom stereocenters. The molecule has 6 nitrogen and oxygen atoms in total. The zero-order valence-corrected chi connectivity index (χ0v) is 14.4. The van der Waals surface area contributed by atoms with Crippen LogP contribution in [0.2, 0.25) is 0 Å². The van der Waals surface area contributed by atoms with Gasteiger partial charge in [0.2, 0.25) is 0 Å². The van der Waals surface area contributed by atoms with Crippen molar-refractivity contribution in [1.82, 2.24) is 4.90 Å². The Morgan fingerprint density at radius 1 is 1.40 bits per heavy atom. The molecule has 2 atom stereocenters. The van der Waals surface area contributed by atoms with Gasteiger partial charge in [0.25, 0.3) is 6.47 Å². The number of benzene rings is 1. The average Bonchev–Trinajstić information content (AvgIpc) is 2.86. The van der Waals surface area contributed by atoms with E-state index >= 15 is 0 Å². The zero-order chi connectivity index (χ0) is 18.2. The molecule has 3 rings (SSSR count). The Morgan fingerprint density at radius 3 is 2.64 bits per heavy atom. The molecule has 2 aliphatic heterocycles. The molecule has 0 radical (unpaired) electrons. The third kappa shape index (κ3) is 4.48. The minimum atomic E-state index is -0.367. The molecule has 0 spiro atoms. The van der Waals surface area contributed by atoms with E-state index in [0.717, 1.165) is 30.7 Å². The van der Waals surface area contributed by atoms with Crippen LogP contribution in [0, 0.1) is 0 Å². The van der Waals surface area contributed by atoms with E-state index < -0.39 is 0 Å². The van der Waals surface area contributed by atoms with Gasteiger partial charge in [0.15, 0.2) is 12.3 Å². The Morgan fingerprint density at radius 2 is 2.08 bits per heavy atom. The summed E-state index contributed by atoms with van der Waals surface area (Å²) in [7, 11) is 1.43. The fourth-order valence-electron chi connectivity index (χ4n) is 2.89. The van der Waals surface area contributed by atoms with E-state index in [1.807, 2.05) is 25.1 Å². The minimum Gasteiger partial charge on any atom is -0.483 e. The van der Waals surface area contributed by atoms with Gasteiger partial charge in [-0.2, -0.15) is 0 Å². The van der Waals surface area contributed by atoms with Gasteiger partial charge in [0, 0.05) is 13.0 Å². The Bertz CT molecular complexity index is 653. The lowest BCUT2D eigenvalue weighted by Crippen LogP contribution is -2.50. The molecule has 0 aromatic heterocycles. The van der Waals surface area contributed by atoms with Crippen molar-refractivity contribution in [3.05, 3.63) is 53.3 Å². The average molecular weight is 345 g/mol. The highest BCUT2D eigenvalue weighted by atomic mass is 16.6. The predicted octanol–water partition coefficient (Wildman–Crippen LogP) is 2.67. The minimum absolute atomic E-state index is 0.0483. The van der Waals surface area contributed by atoms with E-state index in [-0.39, 0.29) is 24.7 Å². The third-order valence-electron chi connectivity index (χ3n) is 4.23. The first-order valence-corrected chi connectivity index (χ1v) is 8.11. The second kappa shape index (κ2) is 9.03. The predicted molar refractivity (Wildman–Crippen MR) is 93.5 cm³/mol. The van der Waals surface area contributed by atoms with Gasteiger partial charge in [0.05, 0.1) is 7.11 Å². The molecule has 2 heterocycles. The number of carboxylic acid groups (broad SMARTS) is 1. The molecule has 25 heavy (non-hydrogen) atoms. The van der Waals surface area contributed by atoms with Gasteiger partial charge in [-0.25, -0.2) is 9.69 Å². The zero-order valence-electron chi connectivity index (χ0n) is 14.4. The fraction of sp³-hybridized carbons (Fsp3) is 0.368. The summed E-state index contributed by atoms with van der Waals surface area (Å²) in [5.41, 5.74) is 2.25. The molecule has 1 N–H and O–H groups in total. The van der Waals surface area contributed by atoms with E-state index in [1.165, 1.54) is 12.7 Å². The summed E-state index contributed by atoms with van der Waals surface area (Å²) in [5.74, 6) is 0.538. The number of hydrogen-bond acceptors (Lipinski definition) is 5. The SMILES string of the molecule is COC(=O)C1/C(=C(\C)C/C=C/c2ccccc2)OC2CCN21.O=CO. The van der Waals surface area contributed by atoms with Crippen LogP contribution < -0.4 is 0 Å². The van der Waals surface area contributed by atoms with Crippen molar-refractivity contribution in [2.24, 2.45) is 0 Å². The lowest BCUT2D eigenvalue weighted by Gasteiger charge is -2.33. The van der Waals surface area contributed by atoms with E-state index in [0.29, 0.717) is 0 Å². The first kappa shape index (κ1) is 18.7. The van der Waals surface area contributed by atoms with Crippen molar-refractivity contribution in [2.45, 2.75) is 32.0 Å². The molecule has 1 aromatic rings. The topological polar surface area (TPSA) is 76.1 Å². The van der Waals surface area contributed by atoms with E-state index in [2.05, 4.69) is 29.2 Å². The van der Waals surface area contributed by atoms with Gasteiger partial charge >= 0.3 is 5.97 Å². The van der Waals surface area contributed by atoms with Crippen molar-refractivity contribution < 1.29 is 24.2 Å². The standard InChI is InChI=1S/C18H21NO3.CH2O2/c1-13(7-6-10-14-8-4-3-5-9-14)17-16(18(20)21-2)19-12-11-15(19)22-17;2-1-3/h3-6,8-10,15-16H,7,11-12H2,1-2H3;1H,(H,2,3)/b10-6+,17-13-;. The fourth-order valence-corrected chi connectivity index (χ4v) is 2.89. The van der Waals surface area contributed by atoms with Crippen LogP contribution in [0.15, 0.2) is 47.7 Å². The van der Waals surface area contributed by atoms with Crippen LogP contribution in [0.25, 0.3) is 6.08 Å². The number of esters is 1. The highest BCUT2D eigenvalue weighted by molar-refractivity contribution is 5.80. The maximum absolute atomic E-state index is 12.0. The second-order valence-electron chi connectivity index (χ2n) is 5.79. The summed E-state index contributed by atoms with van der Waals surface area (Å²) in [5, 5.41) is 6.89. The lowest BCUT2D eigenvalue weighted by molar-refractivity contribution is -0.147. The van der Waals surface area contributed by atoms with Crippen LogP contribution in [-0.4, -0.2) is 48.4 Å². The van der Waals surface area contributed by atoms with Gasteiger partial charge in [-0.05, 0) is 24.5 Å². The Hall–Kier alpha value is -2.60. The molecule has 2 fully saturated rings. The quantitative estimate of drug-likeness (QED) is 0.668. The van der Waals surface area contributed by atoms with Gasteiger partial charge < -0.3 is 14.6 Å². The maximum atomic E-state index is 12.0. The molecule has 0 bridgehead atoms. The maximum Gasteiger partial charge on any atom is 0.331 e. The molecule has 2 aliphatic rings. The molecule has 134 valence electrons. The Balaban J connectivity index is 0.000000701. The van der Waals surface area contributed by atoms with E-state index in [1.54, 1.807) is 0 Å². The highest BCUT2D eigenvalue weighted by Crippen LogP contribution is 2.37. The summed E-state index contributed by atoms with van der Waals surface area (Å²) in [6, 6.07) is 9.80. The number of hydrogen-bond donors (Lipinski definition) is 1. The third-order valence-corrected chi connectivity index (χ3v) is 4.23. The van der Waals surface area contributed by atoms with Crippen LogP contribution >= 0.6 is 0 Å². The molecule has 6 heteroatoms. The molecule has 0 aliphatic carbocycles. The number of carbonyl (C=O) groups excluding carboxylic acids is 1. The van der Waals surface area contributed by atoms with Crippen molar-refractivity contribution in [3.63, 3.8) is 0 Å². The molecule has 2 saturated heterocycles. The van der Waals surface area contributed by atoms with Gasteiger partial charge in [-0.1, -0.05) is 42.5 Å². The molecule has 1 aromatic carbocycles. The van der Waals surface area contributed by atoms with Gasteiger partial charge in [-0.15, -0.1) is 0 Å². The molecular formula is C19H23NO5. The lowest BCUT2D eigenvalue weighted by atomic mass is 10.0. The van der Waals surface area contributed by atoms with Crippen LogP contribution in [0.5, 0.6) is 0 Å². The van der Waals surface area contributed by atoms with E-state index in [9.17, 15) is 4.79 Å². The number of nitrogens with zero attached hydrogens (tertiary/aromatic N) is 1. The number of allylic oxidation sites excluding steroid dienone is 2. The summed E-state index contributed by atoms with van der Waals surface area (Å²) < 4.78 is 10.9. The smallest absolute Gasteiger partial charge is 0.331 e. The van der Waals surface area contributed by atoms with Crippen LogP contribution in [0.4, 0.5) is 0 Å². The highest BCUT2D eigenvalue weighted by Gasteiger charge is 2.49.